The number of carbonyl (C=O) groups is 3. The van der Waals surface area contributed by atoms with Crippen LogP contribution in [0.4, 0.5) is 0 Å². The summed E-state index contributed by atoms with van der Waals surface area (Å²) in [5.74, 6) is 0.731. The van der Waals surface area contributed by atoms with Crippen LogP contribution in [0.3, 0.4) is 0 Å². The van der Waals surface area contributed by atoms with Gasteiger partial charge in [0, 0.05) is 23.7 Å². The predicted molar refractivity (Wildman–Crippen MR) is 120 cm³/mol. The zero-order chi connectivity index (χ0) is 22.6. The molecule has 0 N–H and O–H groups in total. The normalized spacial score (nSPS) is 40.9. The molecule has 4 nitrogen and oxygen atoms in total. The lowest BCUT2D eigenvalue weighted by Crippen LogP contribution is -2.47. The lowest BCUT2D eigenvalue weighted by atomic mass is 9.50. The Hall–Kier alpha value is -1.68. The number of ketones is 2. The summed E-state index contributed by atoms with van der Waals surface area (Å²) in [4.78, 5) is 36.9. The number of halogens is 1. The molecule has 2 fully saturated rings. The van der Waals surface area contributed by atoms with E-state index in [4.69, 9.17) is 16.3 Å². The maximum atomic E-state index is 13.0. The fraction of sp³-hybridized carbons (Fsp3) is 0.654. The number of rotatable bonds is 5. The Morgan fingerprint density at radius 1 is 1.23 bits per heavy atom. The highest BCUT2D eigenvalue weighted by atomic mass is 35.5. The number of allylic oxidation sites excluding steroid dienone is 6. The lowest BCUT2D eigenvalue weighted by molar-refractivity contribution is -0.146. The first-order valence-electron chi connectivity index (χ1n) is 11.6. The van der Waals surface area contributed by atoms with Gasteiger partial charge in [-0.15, -0.1) is 11.6 Å². The first kappa shape index (κ1) is 22.5. The largest absolute Gasteiger partial charge is 0.465 e. The van der Waals surface area contributed by atoms with Gasteiger partial charge >= 0.3 is 5.97 Å². The Balaban J connectivity index is 1.71. The second-order valence-electron chi connectivity index (χ2n) is 10.4. The van der Waals surface area contributed by atoms with Gasteiger partial charge < -0.3 is 4.74 Å². The summed E-state index contributed by atoms with van der Waals surface area (Å²) in [6.45, 7) is 8.76. The van der Waals surface area contributed by atoms with Crippen molar-refractivity contribution in [2.75, 3.05) is 12.5 Å². The first-order chi connectivity index (χ1) is 14.7. The molecule has 0 spiro atoms. The van der Waals surface area contributed by atoms with Gasteiger partial charge in [0.25, 0.3) is 0 Å². The summed E-state index contributed by atoms with van der Waals surface area (Å²) < 4.78 is 5.52. The Labute approximate surface area is 190 Å². The average molecular weight is 445 g/mol. The molecule has 0 unspecified atom stereocenters. The van der Waals surface area contributed by atoms with Gasteiger partial charge in [-0.25, -0.2) is 0 Å². The number of fused-ring (bicyclic) bond motifs is 5. The number of ether oxygens (including phenoxy) is 1. The van der Waals surface area contributed by atoms with Crippen molar-refractivity contribution in [1.29, 1.82) is 0 Å². The first-order valence-corrected chi connectivity index (χ1v) is 12.1. The second-order valence-corrected chi connectivity index (χ2v) is 10.6. The molecule has 0 bridgehead atoms. The molecule has 5 heteroatoms. The van der Waals surface area contributed by atoms with Crippen molar-refractivity contribution in [1.82, 2.24) is 0 Å². The zero-order valence-electron chi connectivity index (χ0n) is 18.9. The molecular weight excluding hydrogens is 412 g/mol. The molecule has 0 aromatic rings. The smallest absolute Gasteiger partial charge is 0.305 e. The molecule has 0 aromatic heterocycles. The van der Waals surface area contributed by atoms with Crippen molar-refractivity contribution < 1.29 is 19.1 Å². The van der Waals surface area contributed by atoms with Gasteiger partial charge in [0.05, 0.1) is 12.5 Å². The third-order valence-corrected chi connectivity index (χ3v) is 8.94. The van der Waals surface area contributed by atoms with E-state index in [1.54, 1.807) is 13.0 Å². The summed E-state index contributed by atoms with van der Waals surface area (Å²) in [7, 11) is 0. The second kappa shape index (κ2) is 8.03. The molecule has 0 saturated heterocycles. The minimum absolute atomic E-state index is 0.00169. The monoisotopic (exact) mass is 444 g/mol. The molecule has 4 rings (SSSR count). The van der Waals surface area contributed by atoms with Crippen LogP contribution in [0.1, 0.15) is 53.4 Å². The summed E-state index contributed by atoms with van der Waals surface area (Å²) in [6, 6.07) is 0. The van der Waals surface area contributed by atoms with E-state index < -0.39 is 0 Å². The van der Waals surface area contributed by atoms with E-state index in [0.717, 1.165) is 19.3 Å². The molecule has 4 aliphatic rings. The number of hydrogen-bond donors (Lipinski definition) is 0. The van der Waals surface area contributed by atoms with Gasteiger partial charge in [-0.1, -0.05) is 38.5 Å². The van der Waals surface area contributed by atoms with E-state index in [2.05, 4.69) is 32.9 Å². The molecule has 0 heterocycles. The van der Waals surface area contributed by atoms with Crippen LogP contribution in [0.15, 0.2) is 35.5 Å². The van der Waals surface area contributed by atoms with Crippen molar-refractivity contribution >= 4 is 29.1 Å². The van der Waals surface area contributed by atoms with Crippen molar-refractivity contribution in [2.24, 2.45) is 40.4 Å². The highest BCUT2D eigenvalue weighted by molar-refractivity contribution is 6.28. The van der Waals surface area contributed by atoms with Crippen molar-refractivity contribution in [3.05, 3.63) is 35.5 Å². The topological polar surface area (TPSA) is 60.4 Å². The summed E-state index contributed by atoms with van der Waals surface area (Å²) in [5.41, 5.74) is 2.20. The molecule has 0 radical (unpaired) electrons. The van der Waals surface area contributed by atoms with Crippen molar-refractivity contribution in [3.8, 4) is 0 Å². The lowest BCUT2D eigenvalue weighted by Gasteiger charge is -2.54. The Bertz CT molecular complexity index is 899. The third kappa shape index (κ3) is 3.46. The van der Waals surface area contributed by atoms with Gasteiger partial charge in [-0.3, -0.25) is 14.4 Å². The SMILES string of the molecule is CCC(=O)OC[C@H]1C[C@H]2[C@@H]3C[C@H](C)C4=CC(=O)C=C[C@]4(C)C3=CC[C@]2(C)[C@H]1C(=O)CCl. The molecule has 168 valence electrons. The van der Waals surface area contributed by atoms with Crippen molar-refractivity contribution in [2.45, 2.75) is 53.4 Å². The number of alkyl halides is 1. The third-order valence-electron chi connectivity index (χ3n) is 8.67. The van der Waals surface area contributed by atoms with Crippen LogP contribution in [-0.2, 0) is 19.1 Å². The standard InChI is InChI=1S/C26H33ClO4/c1-5-23(30)31-14-16-11-21-18-10-15(2)20-12-17(28)6-8-25(20,3)19(18)7-9-26(21,4)24(16)22(29)13-27/h6-8,12,15-16,18,21,24H,5,9-11,13-14H2,1-4H3/t15-,16+,18+,21-,24+,25+,26-/m0/s1. The van der Waals surface area contributed by atoms with Crippen molar-refractivity contribution in [3.63, 3.8) is 0 Å². The summed E-state index contributed by atoms with van der Waals surface area (Å²) >= 11 is 6.05. The fourth-order valence-corrected chi connectivity index (χ4v) is 7.46. The maximum Gasteiger partial charge on any atom is 0.305 e. The highest BCUT2D eigenvalue weighted by Gasteiger charge is 2.60. The molecule has 7 atom stereocenters. The minimum Gasteiger partial charge on any atom is -0.465 e. The van der Waals surface area contributed by atoms with E-state index in [-0.39, 0.29) is 46.1 Å². The number of esters is 1. The molecule has 2 saturated carbocycles. The predicted octanol–water partition coefficient (Wildman–Crippen LogP) is 5.06. The maximum absolute atomic E-state index is 13.0. The van der Waals surface area contributed by atoms with Crippen LogP contribution in [0.5, 0.6) is 0 Å². The van der Waals surface area contributed by atoms with Gasteiger partial charge in [0.15, 0.2) is 11.6 Å². The van der Waals surface area contributed by atoms with E-state index in [9.17, 15) is 14.4 Å². The molecule has 0 aliphatic heterocycles. The molecule has 0 amide bonds. The average Bonchev–Trinajstić information content (AvgIpc) is 3.05. The Morgan fingerprint density at radius 3 is 2.65 bits per heavy atom. The van der Waals surface area contributed by atoms with Crippen LogP contribution in [-0.4, -0.2) is 30.0 Å². The molecule has 0 aromatic carbocycles. The number of Topliss-reactive ketones (excluding diaryl/α,β-unsaturated/α-hetero) is 1. The van der Waals surface area contributed by atoms with Crippen LogP contribution < -0.4 is 0 Å². The van der Waals surface area contributed by atoms with Gasteiger partial charge in [-0.05, 0) is 67.1 Å². The number of hydrogen-bond acceptors (Lipinski definition) is 4. The quantitative estimate of drug-likeness (QED) is 0.337. The fourth-order valence-electron chi connectivity index (χ4n) is 7.29. The van der Waals surface area contributed by atoms with E-state index >= 15 is 0 Å². The van der Waals surface area contributed by atoms with E-state index in [0.29, 0.717) is 30.8 Å². The Morgan fingerprint density at radius 2 is 1.97 bits per heavy atom. The summed E-state index contributed by atoms with van der Waals surface area (Å²) in [6.07, 6.45) is 11.0. The van der Waals surface area contributed by atoms with E-state index in [1.807, 2.05) is 6.08 Å². The van der Waals surface area contributed by atoms with Crippen LogP contribution in [0, 0.1) is 40.4 Å². The molecular formula is C26H33ClO4. The molecule has 4 aliphatic carbocycles. The van der Waals surface area contributed by atoms with Gasteiger partial charge in [0.2, 0.25) is 0 Å². The highest BCUT2D eigenvalue weighted by Crippen LogP contribution is 2.66. The summed E-state index contributed by atoms with van der Waals surface area (Å²) in [5, 5.41) is 0. The Kier molecular flexibility index (Phi) is 5.83. The minimum atomic E-state index is -0.226. The van der Waals surface area contributed by atoms with Gasteiger partial charge in [0.1, 0.15) is 0 Å². The zero-order valence-corrected chi connectivity index (χ0v) is 19.7. The number of carbonyl (C=O) groups excluding carboxylic acids is 3. The molecule has 31 heavy (non-hydrogen) atoms. The van der Waals surface area contributed by atoms with Crippen LogP contribution in [0.2, 0.25) is 0 Å². The van der Waals surface area contributed by atoms with Gasteiger partial charge in [-0.2, -0.15) is 0 Å². The van der Waals surface area contributed by atoms with E-state index in [1.165, 1.54) is 11.1 Å². The van der Waals surface area contributed by atoms with Crippen LogP contribution >= 0.6 is 11.6 Å². The van der Waals surface area contributed by atoms with Crippen LogP contribution in [0.25, 0.3) is 0 Å².